The minimum absolute atomic E-state index is 0.0792. The maximum atomic E-state index is 12.6. The minimum atomic E-state index is -0.125. The summed E-state index contributed by atoms with van der Waals surface area (Å²) in [6.07, 6.45) is 4.56. The average molecular weight is 351 g/mol. The second-order valence-electron chi connectivity index (χ2n) is 6.55. The van der Waals surface area contributed by atoms with Crippen molar-refractivity contribution in [2.75, 3.05) is 30.3 Å². The first kappa shape index (κ1) is 18.0. The summed E-state index contributed by atoms with van der Waals surface area (Å²) in [5.41, 5.74) is 2.27. The molecule has 3 rings (SSSR count). The molecule has 0 unspecified atom stereocenters. The van der Waals surface area contributed by atoms with Crippen LogP contribution in [0.5, 0.6) is 0 Å². The average Bonchev–Trinajstić information content (AvgIpc) is 2.97. The maximum absolute atomic E-state index is 12.6. The van der Waals surface area contributed by atoms with Crippen LogP contribution in [0.3, 0.4) is 0 Å². The number of carbonyl (C=O) groups excluding carboxylic acids is 2. The fourth-order valence-corrected chi connectivity index (χ4v) is 3.10. The molecule has 2 N–H and O–H groups in total. The quantitative estimate of drug-likeness (QED) is 0.862. The Morgan fingerprint density at radius 3 is 2.12 bits per heavy atom. The van der Waals surface area contributed by atoms with Crippen molar-refractivity contribution in [3.63, 3.8) is 0 Å². The fraction of sp³-hybridized carbons (Fsp3) is 0.333. The molecule has 0 aromatic heterocycles. The third-order valence-corrected chi connectivity index (χ3v) is 4.54. The Morgan fingerprint density at radius 2 is 1.46 bits per heavy atom. The van der Waals surface area contributed by atoms with Gasteiger partial charge in [0.05, 0.1) is 6.54 Å². The van der Waals surface area contributed by atoms with E-state index in [2.05, 4.69) is 10.6 Å². The van der Waals surface area contributed by atoms with Gasteiger partial charge in [-0.1, -0.05) is 31.0 Å². The van der Waals surface area contributed by atoms with Gasteiger partial charge < -0.3 is 15.5 Å². The molecule has 2 aromatic rings. The summed E-state index contributed by atoms with van der Waals surface area (Å²) in [6.45, 7) is 1.86. The molecule has 1 heterocycles. The maximum Gasteiger partial charge on any atom is 0.253 e. The van der Waals surface area contributed by atoms with Crippen LogP contribution < -0.4 is 10.6 Å². The van der Waals surface area contributed by atoms with Crippen molar-refractivity contribution >= 4 is 23.2 Å². The lowest BCUT2D eigenvalue weighted by Gasteiger charge is -2.20. The number of hydrogen-bond donors (Lipinski definition) is 2. The van der Waals surface area contributed by atoms with E-state index < -0.39 is 0 Å². The van der Waals surface area contributed by atoms with Crippen molar-refractivity contribution in [2.45, 2.75) is 25.7 Å². The Morgan fingerprint density at radius 1 is 0.808 bits per heavy atom. The number of likely N-dealkylation sites (tertiary alicyclic amines) is 1. The predicted molar refractivity (Wildman–Crippen MR) is 104 cm³/mol. The zero-order valence-corrected chi connectivity index (χ0v) is 14.9. The van der Waals surface area contributed by atoms with Crippen molar-refractivity contribution < 1.29 is 9.59 Å². The first-order valence-electron chi connectivity index (χ1n) is 9.20. The van der Waals surface area contributed by atoms with E-state index in [-0.39, 0.29) is 18.4 Å². The lowest BCUT2D eigenvalue weighted by molar-refractivity contribution is -0.114. The molecule has 1 aliphatic rings. The third-order valence-electron chi connectivity index (χ3n) is 4.54. The zero-order valence-electron chi connectivity index (χ0n) is 14.9. The van der Waals surface area contributed by atoms with Crippen molar-refractivity contribution in [3.8, 4) is 0 Å². The molecule has 0 bridgehead atoms. The van der Waals surface area contributed by atoms with Crippen molar-refractivity contribution in [3.05, 3.63) is 60.2 Å². The molecule has 0 spiro atoms. The molecule has 0 aliphatic carbocycles. The van der Waals surface area contributed by atoms with E-state index in [1.165, 1.54) is 12.8 Å². The SMILES string of the molecule is O=C(CNc1ccccc1)Nc1ccc(C(=O)N2CCCCCC2)cc1. The van der Waals surface area contributed by atoms with Gasteiger partial charge in [-0.2, -0.15) is 0 Å². The normalized spacial score (nSPS) is 14.4. The number of hydrogen-bond acceptors (Lipinski definition) is 3. The summed E-state index contributed by atoms with van der Waals surface area (Å²) in [4.78, 5) is 26.6. The number of rotatable bonds is 5. The van der Waals surface area contributed by atoms with Crippen LogP contribution in [0.15, 0.2) is 54.6 Å². The van der Waals surface area contributed by atoms with E-state index in [0.717, 1.165) is 31.6 Å². The van der Waals surface area contributed by atoms with Gasteiger partial charge in [0.1, 0.15) is 0 Å². The van der Waals surface area contributed by atoms with Gasteiger partial charge in [0.15, 0.2) is 0 Å². The smallest absolute Gasteiger partial charge is 0.253 e. The standard InChI is InChI=1S/C21H25N3O2/c25-20(16-22-18-8-4-3-5-9-18)23-19-12-10-17(11-13-19)21(26)24-14-6-1-2-7-15-24/h3-5,8-13,22H,1-2,6-7,14-16H2,(H,23,25). The molecule has 1 aliphatic heterocycles. The van der Waals surface area contributed by atoms with Gasteiger partial charge in [-0.3, -0.25) is 9.59 Å². The zero-order chi connectivity index (χ0) is 18.2. The Hall–Kier alpha value is -2.82. The molecule has 136 valence electrons. The highest BCUT2D eigenvalue weighted by Gasteiger charge is 2.17. The summed E-state index contributed by atoms with van der Waals surface area (Å²) < 4.78 is 0. The Labute approximate surface area is 154 Å². The Balaban J connectivity index is 1.52. The number of carbonyl (C=O) groups is 2. The van der Waals surface area contributed by atoms with Crippen LogP contribution in [-0.2, 0) is 4.79 Å². The summed E-state index contributed by atoms with van der Waals surface area (Å²) in [5.74, 6) is -0.0454. The summed E-state index contributed by atoms with van der Waals surface area (Å²) in [6, 6.07) is 16.7. The molecule has 5 heteroatoms. The van der Waals surface area contributed by atoms with Gasteiger partial charge in [0.2, 0.25) is 5.91 Å². The summed E-state index contributed by atoms with van der Waals surface area (Å²) in [7, 11) is 0. The molecular weight excluding hydrogens is 326 g/mol. The molecule has 0 radical (unpaired) electrons. The highest BCUT2D eigenvalue weighted by Crippen LogP contribution is 2.15. The van der Waals surface area contributed by atoms with Gasteiger partial charge in [-0.15, -0.1) is 0 Å². The van der Waals surface area contributed by atoms with Crippen LogP contribution in [-0.4, -0.2) is 36.3 Å². The first-order chi connectivity index (χ1) is 12.7. The highest BCUT2D eigenvalue weighted by molar-refractivity contribution is 5.96. The molecule has 1 fully saturated rings. The topological polar surface area (TPSA) is 61.4 Å². The van der Waals surface area contributed by atoms with Crippen LogP contribution in [0.1, 0.15) is 36.0 Å². The largest absolute Gasteiger partial charge is 0.376 e. The second-order valence-corrected chi connectivity index (χ2v) is 6.55. The van der Waals surface area contributed by atoms with E-state index >= 15 is 0 Å². The van der Waals surface area contributed by atoms with Gasteiger partial charge >= 0.3 is 0 Å². The number of nitrogens with one attached hydrogen (secondary N) is 2. The Bertz CT molecular complexity index is 721. The van der Waals surface area contributed by atoms with E-state index in [0.29, 0.717) is 11.3 Å². The van der Waals surface area contributed by atoms with Crippen molar-refractivity contribution in [1.29, 1.82) is 0 Å². The summed E-state index contributed by atoms with van der Waals surface area (Å²) >= 11 is 0. The van der Waals surface area contributed by atoms with Crippen LogP contribution in [0.25, 0.3) is 0 Å². The van der Waals surface area contributed by atoms with Gasteiger partial charge in [0, 0.05) is 30.0 Å². The number of para-hydroxylation sites is 1. The Kier molecular flexibility index (Phi) is 6.25. The van der Waals surface area contributed by atoms with E-state index in [1.807, 2.05) is 35.2 Å². The van der Waals surface area contributed by atoms with Crippen LogP contribution in [0.2, 0.25) is 0 Å². The van der Waals surface area contributed by atoms with Crippen LogP contribution in [0, 0.1) is 0 Å². The lowest BCUT2D eigenvalue weighted by Crippen LogP contribution is -2.31. The second kappa shape index (κ2) is 9.04. The number of nitrogens with zero attached hydrogens (tertiary/aromatic N) is 1. The van der Waals surface area contributed by atoms with Crippen LogP contribution in [0.4, 0.5) is 11.4 Å². The monoisotopic (exact) mass is 351 g/mol. The molecule has 0 atom stereocenters. The number of benzene rings is 2. The van der Waals surface area contributed by atoms with Crippen molar-refractivity contribution in [2.24, 2.45) is 0 Å². The molecule has 2 aromatic carbocycles. The highest BCUT2D eigenvalue weighted by atomic mass is 16.2. The summed E-state index contributed by atoms with van der Waals surface area (Å²) in [5, 5.41) is 5.91. The number of anilines is 2. The van der Waals surface area contributed by atoms with Gasteiger partial charge in [0.25, 0.3) is 5.91 Å². The minimum Gasteiger partial charge on any atom is -0.376 e. The van der Waals surface area contributed by atoms with E-state index in [4.69, 9.17) is 0 Å². The molecule has 1 saturated heterocycles. The molecule has 0 saturated carbocycles. The van der Waals surface area contributed by atoms with Gasteiger partial charge in [-0.25, -0.2) is 0 Å². The molecule has 5 nitrogen and oxygen atoms in total. The number of amides is 2. The van der Waals surface area contributed by atoms with Crippen molar-refractivity contribution in [1.82, 2.24) is 4.90 Å². The molecule has 26 heavy (non-hydrogen) atoms. The third kappa shape index (κ3) is 5.09. The van der Waals surface area contributed by atoms with Crippen LogP contribution >= 0.6 is 0 Å². The van der Waals surface area contributed by atoms with E-state index in [9.17, 15) is 9.59 Å². The first-order valence-corrected chi connectivity index (χ1v) is 9.20. The molecular formula is C21H25N3O2. The molecule has 2 amide bonds. The fourth-order valence-electron chi connectivity index (χ4n) is 3.10. The van der Waals surface area contributed by atoms with Gasteiger partial charge in [-0.05, 0) is 49.2 Å². The lowest BCUT2D eigenvalue weighted by atomic mass is 10.1. The predicted octanol–water partition coefficient (Wildman–Crippen LogP) is 3.75. The van der Waals surface area contributed by atoms with E-state index in [1.54, 1.807) is 24.3 Å².